The number of hydrogen-bond acceptors (Lipinski definition) is 10. The molecule has 2 heterocycles. The molecule has 1 fully saturated rings. The predicted octanol–water partition coefficient (Wildman–Crippen LogP) is 2.23. The third-order valence-electron chi connectivity index (χ3n) is 4.29. The summed E-state index contributed by atoms with van der Waals surface area (Å²) in [6.45, 7) is 1.81. The van der Waals surface area contributed by atoms with Gasteiger partial charge in [0.25, 0.3) is 0 Å². The monoisotopic (exact) mass is 412 g/mol. The number of esters is 1. The van der Waals surface area contributed by atoms with Crippen molar-refractivity contribution in [2.24, 2.45) is 0 Å². The van der Waals surface area contributed by atoms with Crippen molar-refractivity contribution in [3.05, 3.63) is 19.6 Å². The van der Waals surface area contributed by atoms with Crippen LogP contribution in [0.1, 0.15) is 32.6 Å². The third-order valence-corrected chi connectivity index (χ3v) is 5.63. The largest absolute Gasteiger partial charge is 0.438 e. The number of nitrogens with two attached hydrogens (primary N) is 1. The predicted molar refractivity (Wildman–Crippen MR) is 98.7 cm³/mol. The standard InChI is InChI=1S/C16H23N5O6P/c1-3-4-13(22)25-10-27-28(23,24-2)11-26-16(5-6-16)8-21-9-19-12-7-18-15(17)20-14(12)21/h7,9H,2-6,8,10-11H2,1H3,(H2,17,18,20). The Kier molecular flexibility index (Phi) is 6.29. The molecule has 1 radical (unpaired) electrons. The molecule has 0 saturated heterocycles. The number of rotatable bonds is 11. The topological polar surface area (TPSA) is 141 Å². The Morgan fingerprint density at radius 1 is 1.43 bits per heavy atom. The molecule has 2 aromatic rings. The average Bonchev–Trinajstić information content (AvgIpc) is 3.34. The minimum Gasteiger partial charge on any atom is -0.438 e. The van der Waals surface area contributed by atoms with Crippen LogP contribution in [-0.4, -0.2) is 44.2 Å². The Hall–Kier alpha value is -2.07. The van der Waals surface area contributed by atoms with Crippen LogP contribution in [0.2, 0.25) is 0 Å². The number of nitrogens with zero attached hydrogens (tertiary/aromatic N) is 4. The number of fused-ring (bicyclic) bond motifs is 1. The highest BCUT2D eigenvalue weighted by atomic mass is 31.2. The van der Waals surface area contributed by atoms with Gasteiger partial charge < -0.3 is 24.3 Å². The summed E-state index contributed by atoms with van der Waals surface area (Å²) in [5, 5.41) is 0. The quantitative estimate of drug-likeness (QED) is 0.332. The number of imidazole rings is 1. The SMILES string of the molecule is [CH2]OP(=O)(COC1(Cn2cnc3cnc(N)nc32)CC1)OCOC(=O)CCC. The number of carbonyl (C=O) groups is 1. The van der Waals surface area contributed by atoms with Crippen molar-refractivity contribution in [3.8, 4) is 0 Å². The highest BCUT2D eigenvalue weighted by molar-refractivity contribution is 7.53. The van der Waals surface area contributed by atoms with Crippen LogP contribution in [0.5, 0.6) is 0 Å². The fraction of sp³-hybridized carbons (Fsp3) is 0.562. The van der Waals surface area contributed by atoms with Crippen molar-refractivity contribution < 1.29 is 27.9 Å². The van der Waals surface area contributed by atoms with Crippen molar-refractivity contribution in [1.82, 2.24) is 19.5 Å². The zero-order valence-electron chi connectivity index (χ0n) is 15.6. The maximum absolute atomic E-state index is 12.6. The van der Waals surface area contributed by atoms with Crippen molar-refractivity contribution in [2.75, 3.05) is 18.9 Å². The number of aromatic nitrogens is 4. The van der Waals surface area contributed by atoms with E-state index in [9.17, 15) is 9.36 Å². The van der Waals surface area contributed by atoms with Crippen LogP contribution >= 0.6 is 7.60 Å². The molecular weight excluding hydrogens is 389 g/mol. The molecule has 28 heavy (non-hydrogen) atoms. The maximum atomic E-state index is 12.6. The number of hydrogen-bond donors (Lipinski definition) is 1. The van der Waals surface area contributed by atoms with Gasteiger partial charge in [0, 0.05) is 6.42 Å². The van der Waals surface area contributed by atoms with Gasteiger partial charge in [0.15, 0.2) is 5.65 Å². The molecule has 2 aromatic heterocycles. The first-order chi connectivity index (χ1) is 13.4. The Labute approximate surface area is 162 Å². The van der Waals surface area contributed by atoms with Crippen LogP contribution in [0.4, 0.5) is 5.95 Å². The van der Waals surface area contributed by atoms with Gasteiger partial charge in [-0.25, -0.2) is 9.97 Å². The molecule has 0 spiro atoms. The molecule has 0 aromatic carbocycles. The second kappa shape index (κ2) is 8.52. The summed E-state index contributed by atoms with van der Waals surface area (Å²) in [4.78, 5) is 23.7. The Morgan fingerprint density at radius 3 is 2.89 bits per heavy atom. The molecule has 1 atom stereocenters. The fourth-order valence-corrected chi connectivity index (χ4v) is 3.43. The first-order valence-electron chi connectivity index (χ1n) is 8.79. The van der Waals surface area contributed by atoms with Crippen molar-refractivity contribution >= 4 is 30.7 Å². The molecule has 1 aliphatic rings. The lowest BCUT2D eigenvalue weighted by atomic mass is 10.3. The number of carbonyl (C=O) groups excluding carboxylic acids is 1. The number of nitrogen functional groups attached to an aromatic ring is 1. The zero-order valence-corrected chi connectivity index (χ0v) is 16.5. The fourth-order valence-electron chi connectivity index (χ4n) is 2.56. The summed E-state index contributed by atoms with van der Waals surface area (Å²) >= 11 is 0. The van der Waals surface area contributed by atoms with Gasteiger partial charge in [-0.3, -0.25) is 13.9 Å². The van der Waals surface area contributed by atoms with E-state index in [-0.39, 0.29) is 18.7 Å². The minimum absolute atomic E-state index is 0.154. The Bertz CT molecular complexity index is 884. The van der Waals surface area contributed by atoms with Crippen molar-refractivity contribution in [3.63, 3.8) is 0 Å². The lowest BCUT2D eigenvalue weighted by molar-refractivity contribution is -0.150. The van der Waals surface area contributed by atoms with Crippen LogP contribution < -0.4 is 5.73 Å². The van der Waals surface area contributed by atoms with Crippen LogP contribution in [0.25, 0.3) is 11.2 Å². The Balaban J connectivity index is 1.57. The van der Waals surface area contributed by atoms with E-state index < -0.39 is 26.0 Å². The molecule has 12 heteroatoms. The summed E-state index contributed by atoms with van der Waals surface area (Å²) in [6, 6.07) is 0. The maximum Gasteiger partial charge on any atom is 0.359 e. The van der Waals surface area contributed by atoms with E-state index in [1.165, 1.54) is 0 Å². The normalized spacial score (nSPS) is 17.4. The molecule has 1 saturated carbocycles. The van der Waals surface area contributed by atoms with Crippen LogP contribution in [0, 0.1) is 7.11 Å². The van der Waals surface area contributed by atoms with Gasteiger partial charge in [-0.05, 0) is 19.3 Å². The molecule has 0 aliphatic heterocycles. The molecule has 1 aliphatic carbocycles. The van der Waals surface area contributed by atoms with E-state index in [1.54, 1.807) is 12.5 Å². The van der Waals surface area contributed by atoms with Crippen molar-refractivity contribution in [2.45, 2.75) is 44.8 Å². The average molecular weight is 412 g/mol. The third kappa shape index (κ3) is 5.05. The van der Waals surface area contributed by atoms with E-state index in [1.807, 2.05) is 11.5 Å². The van der Waals surface area contributed by atoms with Gasteiger partial charge in [0.2, 0.25) is 12.7 Å². The highest BCUT2D eigenvalue weighted by Crippen LogP contribution is 2.52. The van der Waals surface area contributed by atoms with E-state index in [0.717, 1.165) is 12.8 Å². The number of anilines is 1. The molecule has 153 valence electrons. The van der Waals surface area contributed by atoms with Gasteiger partial charge >= 0.3 is 13.6 Å². The Morgan fingerprint density at radius 2 is 2.21 bits per heavy atom. The first-order valence-corrected chi connectivity index (χ1v) is 10.5. The van der Waals surface area contributed by atoms with Crippen LogP contribution in [0.15, 0.2) is 12.5 Å². The van der Waals surface area contributed by atoms with E-state index in [0.29, 0.717) is 24.1 Å². The summed E-state index contributed by atoms with van der Waals surface area (Å²) < 4.78 is 34.9. The number of ether oxygens (including phenoxy) is 2. The minimum atomic E-state index is -3.66. The lowest BCUT2D eigenvalue weighted by Crippen LogP contribution is -2.23. The van der Waals surface area contributed by atoms with Crippen LogP contribution in [-0.2, 0) is 34.4 Å². The summed E-state index contributed by atoms with van der Waals surface area (Å²) in [7, 11) is -0.474. The van der Waals surface area contributed by atoms with Gasteiger partial charge in [-0.1, -0.05) is 6.92 Å². The molecule has 2 N–H and O–H groups in total. The van der Waals surface area contributed by atoms with E-state index >= 15 is 0 Å². The van der Waals surface area contributed by atoms with E-state index in [2.05, 4.69) is 22.1 Å². The molecule has 1 unspecified atom stereocenters. The molecule has 3 rings (SSSR count). The summed E-state index contributed by atoms with van der Waals surface area (Å²) in [6.07, 6.45) is 5.28. The summed E-state index contributed by atoms with van der Waals surface area (Å²) in [5.74, 6) is -0.285. The van der Waals surface area contributed by atoms with Crippen molar-refractivity contribution in [1.29, 1.82) is 0 Å². The first kappa shape index (κ1) is 20.7. The van der Waals surface area contributed by atoms with E-state index in [4.69, 9.17) is 24.3 Å². The second-order valence-corrected chi connectivity index (χ2v) is 8.52. The molecule has 0 bridgehead atoms. The summed E-state index contributed by atoms with van der Waals surface area (Å²) in [5.41, 5.74) is 6.32. The molecule has 11 nitrogen and oxygen atoms in total. The molecule has 0 amide bonds. The van der Waals surface area contributed by atoms with Gasteiger partial charge in [-0.15, -0.1) is 0 Å². The second-order valence-electron chi connectivity index (χ2n) is 6.52. The van der Waals surface area contributed by atoms with Crippen LogP contribution in [0.3, 0.4) is 0 Å². The lowest BCUT2D eigenvalue weighted by Gasteiger charge is -2.21. The smallest absolute Gasteiger partial charge is 0.359 e. The highest BCUT2D eigenvalue weighted by Gasteiger charge is 2.46. The zero-order chi connectivity index (χ0) is 20.2. The van der Waals surface area contributed by atoms with Gasteiger partial charge in [0.1, 0.15) is 11.9 Å². The van der Waals surface area contributed by atoms with Gasteiger partial charge in [0.05, 0.1) is 31.8 Å². The molecular formula is C16H23N5O6P. The van der Waals surface area contributed by atoms with Gasteiger partial charge in [-0.2, -0.15) is 4.98 Å².